The van der Waals surface area contributed by atoms with E-state index in [1.165, 1.54) is 12.1 Å². The highest BCUT2D eigenvalue weighted by molar-refractivity contribution is 14.0. The summed E-state index contributed by atoms with van der Waals surface area (Å²) in [7, 11) is 1.74. The highest BCUT2D eigenvalue weighted by Gasteiger charge is 2.19. The number of halogens is 2. The van der Waals surface area contributed by atoms with E-state index in [-0.39, 0.29) is 29.7 Å². The Bertz CT molecular complexity index is 581. The Morgan fingerprint density at radius 1 is 1.37 bits per heavy atom. The van der Waals surface area contributed by atoms with Crippen molar-refractivity contribution in [2.24, 2.45) is 4.99 Å². The molecule has 154 valence electrons. The summed E-state index contributed by atoms with van der Waals surface area (Å²) in [5.74, 6) is -0.199. The minimum atomic E-state index is -0.614. The van der Waals surface area contributed by atoms with E-state index < -0.39 is 5.82 Å². The topological polar surface area (TPSA) is 69.1 Å². The molecule has 2 rings (SSSR count). The fraction of sp³-hybridized carbons (Fsp3) is 0.632. The molecule has 0 unspecified atom stereocenters. The van der Waals surface area contributed by atoms with Gasteiger partial charge < -0.3 is 25.4 Å². The third-order valence-electron chi connectivity index (χ3n) is 4.53. The van der Waals surface area contributed by atoms with Gasteiger partial charge in [-0.3, -0.25) is 0 Å². The van der Waals surface area contributed by atoms with E-state index in [1.807, 2.05) is 6.92 Å². The van der Waals surface area contributed by atoms with E-state index in [4.69, 9.17) is 4.74 Å². The van der Waals surface area contributed by atoms with Crippen molar-refractivity contribution in [3.8, 4) is 5.75 Å². The lowest BCUT2D eigenvalue weighted by atomic mass is 10.1. The molecule has 3 N–H and O–H groups in total. The summed E-state index contributed by atoms with van der Waals surface area (Å²) in [5, 5.41) is 16.0. The molecule has 1 saturated heterocycles. The number of ether oxygens (including phenoxy) is 1. The monoisotopic (exact) mass is 494 g/mol. The van der Waals surface area contributed by atoms with Gasteiger partial charge in [0.1, 0.15) is 0 Å². The maximum Gasteiger partial charge on any atom is 0.191 e. The number of piperidine rings is 1. The number of benzene rings is 1. The van der Waals surface area contributed by atoms with Crippen molar-refractivity contribution in [2.75, 3.05) is 39.9 Å². The Morgan fingerprint density at radius 2 is 2.11 bits per heavy atom. The van der Waals surface area contributed by atoms with Crippen molar-refractivity contribution in [3.63, 3.8) is 0 Å². The first-order valence-electron chi connectivity index (χ1n) is 9.36. The van der Waals surface area contributed by atoms with E-state index in [9.17, 15) is 9.50 Å². The number of likely N-dealkylation sites (tertiary alicyclic amines) is 1. The van der Waals surface area contributed by atoms with Gasteiger partial charge in [-0.1, -0.05) is 6.07 Å². The lowest BCUT2D eigenvalue weighted by Gasteiger charge is -2.33. The Hall–Kier alpha value is -1.13. The van der Waals surface area contributed by atoms with Crippen molar-refractivity contribution >= 4 is 29.9 Å². The number of aliphatic imine (C=N–C) groups is 1. The van der Waals surface area contributed by atoms with Crippen LogP contribution in [0.15, 0.2) is 23.2 Å². The van der Waals surface area contributed by atoms with Crippen LogP contribution in [0.5, 0.6) is 5.75 Å². The van der Waals surface area contributed by atoms with E-state index in [1.54, 1.807) is 13.2 Å². The summed E-state index contributed by atoms with van der Waals surface area (Å²) in [5.41, 5.74) is 0.727. The zero-order chi connectivity index (χ0) is 18.8. The van der Waals surface area contributed by atoms with Crippen LogP contribution in [0.1, 0.15) is 31.7 Å². The summed E-state index contributed by atoms with van der Waals surface area (Å²) >= 11 is 0. The Morgan fingerprint density at radius 3 is 2.74 bits per heavy atom. The second-order valence-corrected chi connectivity index (χ2v) is 6.59. The number of aromatic hydroxyl groups is 1. The summed E-state index contributed by atoms with van der Waals surface area (Å²) in [6.07, 6.45) is 3.22. The van der Waals surface area contributed by atoms with E-state index >= 15 is 0 Å². The Balaban J connectivity index is 0.00000364. The zero-order valence-electron chi connectivity index (χ0n) is 16.2. The third-order valence-corrected chi connectivity index (χ3v) is 4.53. The Kier molecular flexibility index (Phi) is 11.6. The van der Waals surface area contributed by atoms with Gasteiger partial charge in [0.15, 0.2) is 17.5 Å². The molecule has 1 aromatic carbocycles. The SMILES string of the molecule is CCNC(=NCc1ccc(O)c(F)c1)NC1CCN(CCCOC)CC1.I. The maximum absolute atomic E-state index is 13.4. The Labute approximate surface area is 178 Å². The largest absolute Gasteiger partial charge is 0.505 e. The minimum absolute atomic E-state index is 0. The average molecular weight is 494 g/mol. The van der Waals surface area contributed by atoms with Gasteiger partial charge in [0.25, 0.3) is 0 Å². The van der Waals surface area contributed by atoms with Gasteiger partial charge >= 0.3 is 0 Å². The number of methoxy groups -OCH3 is 1. The maximum atomic E-state index is 13.4. The van der Waals surface area contributed by atoms with Gasteiger partial charge in [-0.15, -0.1) is 24.0 Å². The smallest absolute Gasteiger partial charge is 0.191 e. The number of rotatable bonds is 8. The molecular weight excluding hydrogens is 462 g/mol. The molecule has 0 atom stereocenters. The molecule has 0 aromatic heterocycles. The predicted octanol–water partition coefficient (Wildman–Crippen LogP) is 2.71. The molecule has 1 aromatic rings. The minimum Gasteiger partial charge on any atom is -0.505 e. The van der Waals surface area contributed by atoms with Gasteiger partial charge in [0.2, 0.25) is 0 Å². The van der Waals surface area contributed by atoms with Crippen LogP contribution in [0.4, 0.5) is 4.39 Å². The molecule has 0 saturated carbocycles. The molecule has 1 aliphatic rings. The molecule has 1 aliphatic heterocycles. The van der Waals surface area contributed by atoms with Crippen LogP contribution < -0.4 is 10.6 Å². The average Bonchev–Trinajstić information content (AvgIpc) is 2.64. The van der Waals surface area contributed by atoms with E-state index in [0.717, 1.165) is 63.6 Å². The van der Waals surface area contributed by atoms with Crippen molar-refractivity contribution < 1.29 is 14.2 Å². The molecule has 0 amide bonds. The van der Waals surface area contributed by atoms with Crippen molar-refractivity contribution in [3.05, 3.63) is 29.6 Å². The first-order chi connectivity index (χ1) is 12.6. The fourth-order valence-corrected chi connectivity index (χ4v) is 3.07. The van der Waals surface area contributed by atoms with E-state index in [0.29, 0.717) is 12.6 Å². The van der Waals surface area contributed by atoms with Crippen LogP contribution in [0.2, 0.25) is 0 Å². The summed E-state index contributed by atoms with van der Waals surface area (Å²) in [6, 6.07) is 4.76. The van der Waals surface area contributed by atoms with Crippen LogP contribution in [-0.4, -0.2) is 61.9 Å². The molecule has 1 fully saturated rings. The molecule has 1 heterocycles. The van der Waals surface area contributed by atoms with Gasteiger partial charge in [0.05, 0.1) is 6.54 Å². The third kappa shape index (κ3) is 8.61. The molecule has 0 aliphatic carbocycles. The quantitative estimate of drug-likeness (QED) is 0.225. The zero-order valence-corrected chi connectivity index (χ0v) is 18.5. The normalized spacial score (nSPS) is 16.0. The van der Waals surface area contributed by atoms with Gasteiger partial charge in [-0.2, -0.15) is 0 Å². The molecular formula is C19H32FIN4O2. The molecule has 8 heteroatoms. The molecule has 0 spiro atoms. The summed E-state index contributed by atoms with van der Waals surface area (Å²) in [4.78, 5) is 7.02. The van der Waals surface area contributed by atoms with Crippen LogP contribution in [0, 0.1) is 5.82 Å². The lowest BCUT2D eigenvalue weighted by Crippen LogP contribution is -2.48. The lowest BCUT2D eigenvalue weighted by molar-refractivity contribution is 0.155. The van der Waals surface area contributed by atoms with Gasteiger partial charge in [-0.05, 0) is 43.9 Å². The van der Waals surface area contributed by atoms with Crippen LogP contribution in [0.25, 0.3) is 0 Å². The molecule has 0 bridgehead atoms. The standard InChI is InChI=1S/C19H31FN4O2.HI/c1-3-21-19(22-14-15-5-6-18(25)17(20)13-15)23-16-7-10-24(11-8-16)9-4-12-26-2;/h5-6,13,16,25H,3-4,7-12,14H2,1-2H3,(H2,21,22,23);1H. The number of phenols is 1. The van der Waals surface area contributed by atoms with Crippen LogP contribution >= 0.6 is 24.0 Å². The van der Waals surface area contributed by atoms with Crippen molar-refractivity contribution in [2.45, 2.75) is 38.8 Å². The summed E-state index contributed by atoms with van der Waals surface area (Å²) < 4.78 is 18.5. The van der Waals surface area contributed by atoms with Crippen molar-refractivity contribution in [1.29, 1.82) is 0 Å². The fourth-order valence-electron chi connectivity index (χ4n) is 3.07. The van der Waals surface area contributed by atoms with E-state index in [2.05, 4.69) is 20.5 Å². The predicted molar refractivity (Wildman–Crippen MR) is 117 cm³/mol. The highest BCUT2D eigenvalue weighted by Crippen LogP contribution is 2.16. The summed E-state index contributed by atoms with van der Waals surface area (Å²) in [6.45, 7) is 7.20. The first kappa shape index (κ1) is 23.9. The first-order valence-corrected chi connectivity index (χ1v) is 9.36. The number of hydrogen-bond acceptors (Lipinski definition) is 4. The number of nitrogens with zero attached hydrogens (tertiary/aromatic N) is 2. The molecule has 6 nitrogen and oxygen atoms in total. The van der Waals surface area contributed by atoms with Gasteiger partial charge in [-0.25, -0.2) is 9.38 Å². The number of nitrogens with one attached hydrogen (secondary N) is 2. The second kappa shape index (κ2) is 13.1. The van der Waals surface area contributed by atoms with Gasteiger partial charge in [0, 0.05) is 45.9 Å². The second-order valence-electron chi connectivity index (χ2n) is 6.59. The molecule has 0 radical (unpaired) electrons. The number of hydrogen-bond donors (Lipinski definition) is 3. The highest BCUT2D eigenvalue weighted by atomic mass is 127. The van der Waals surface area contributed by atoms with Crippen LogP contribution in [-0.2, 0) is 11.3 Å². The molecule has 27 heavy (non-hydrogen) atoms. The van der Waals surface area contributed by atoms with Crippen LogP contribution in [0.3, 0.4) is 0 Å². The number of guanidine groups is 1. The number of phenolic OH excluding ortho intramolecular Hbond substituents is 1. The van der Waals surface area contributed by atoms with Crippen molar-refractivity contribution in [1.82, 2.24) is 15.5 Å².